The lowest BCUT2D eigenvalue weighted by molar-refractivity contribution is -0.126. The predicted octanol–water partition coefficient (Wildman–Crippen LogP) is 5.70. The van der Waals surface area contributed by atoms with Crippen molar-refractivity contribution in [3.05, 3.63) is 52.3 Å². The number of thiophene rings is 1. The zero-order chi connectivity index (χ0) is 33.5. The standard InChI is InChI=1S/C33H41F3N8OS2/c1-22-23(5-6-29-27(22)15-25(18-37)44(29)20-32(2,3)42-11-13-43(14-12-42)47(4)45)19-41-9-7-24(8-10-41)40-30-28-16-26(17-33(34,35)36)46-31(28)39-21-38-30/h5-6,15-16,21,24H,7-14,17,19-20H2,1-4H3,(H,38,39,40). The van der Waals surface area contributed by atoms with Crippen molar-refractivity contribution in [3.8, 4) is 6.07 Å². The summed E-state index contributed by atoms with van der Waals surface area (Å²) in [5.74, 6) is 0.597. The van der Waals surface area contributed by atoms with Crippen molar-refractivity contribution in [2.24, 2.45) is 0 Å². The van der Waals surface area contributed by atoms with Gasteiger partial charge in [-0.2, -0.15) is 18.4 Å². The first-order chi connectivity index (χ1) is 22.3. The van der Waals surface area contributed by atoms with E-state index in [0.717, 1.165) is 80.9 Å². The number of anilines is 1. The van der Waals surface area contributed by atoms with Gasteiger partial charge in [0, 0.05) is 78.0 Å². The van der Waals surface area contributed by atoms with Gasteiger partial charge in [-0.1, -0.05) is 6.07 Å². The predicted molar refractivity (Wildman–Crippen MR) is 182 cm³/mol. The summed E-state index contributed by atoms with van der Waals surface area (Å²) >= 11 is 0.110. The molecule has 14 heteroatoms. The number of benzene rings is 1. The van der Waals surface area contributed by atoms with E-state index in [1.807, 2.05) is 10.4 Å². The molecule has 1 aromatic carbocycles. The summed E-state index contributed by atoms with van der Waals surface area (Å²) in [5, 5.41) is 15.3. The van der Waals surface area contributed by atoms with E-state index in [1.54, 1.807) is 12.3 Å². The van der Waals surface area contributed by atoms with Crippen LogP contribution in [-0.4, -0.2) is 96.5 Å². The van der Waals surface area contributed by atoms with Gasteiger partial charge in [0.25, 0.3) is 0 Å². The Morgan fingerprint density at radius 1 is 1.06 bits per heavy atom. The quantitative estimate of drug-likeness (QED) is 0.224. The van der Waals surface area contributed by atoms with Crippen molar-refractivity contribution in [1.82, 2.24) is 28.6 Å². The molecule has 9 nitrogen and oxygen atoms in total. The molecule has 6 rings (SSSR count). The smallest absolute Gasteiger partial charge is 0.393 e. The molecule has 0 amide bonds. The van der Waals surface area contributed by atoms with Gasteiger partial charge >= 0.3 is 6.18 Å². The zero-order valence-corrected chi connectivity index (χ0v) is 28.9. The number of aryl methyl sites for hydroxylation is 1. The zero-order valence-electron chi connectivity index (χ0n) is 27.2. The monoisotopic (exact) mass is 686 g/mol. The number of nitriles is 1. The van der Waals surface area contributed by atoms with Crippen LogP contribution in [0.25, 0.3) is 21.1 Å². The molecule has 2 saturated heterocycles. The number of fused-ring (bicyclic) bond motifs is 2. The summed E-state index contributed by atoms with van der Waals surface area (Å²) < 4.78 is 54.9. The van der Waals surface area contributed by atoms with Crippen LogP contribution in [0.2, 0.25) is 0 Å². The van der Waals surface area contributed by atoms with E-state index in [1.165, 1.54) is 17.5 Å². The van der Waals surface area contributed by atoms with E-state index in [9.17, 15) is 23.0 Å². The molecule has 1 atom stereocenters. The minimum Gasteiger partial charge on any atom is -0.598 e. The molecule has 2 aliphatic heterocycles. The molecule has 1 N–H and O–H groups in total. The minimum atomic E-state index is -4.26. The largest absolute Gasteiger partial charge is 0.598 e. The number of piperidine rings is 1. The van der Waals surface area contributed by atoms with Crippen molar-refractivity contribution < 1.29 is 17.7 Å². The van der Waals surface area contributed by atoms with Crippen molar-refractivity contribution >= 4 is 49.6 Å². The van der Waals surface area contributed by atoms with Gasteiger partial charge in [0.05, 0.1) is 24.9 Å². The Kier molecular flexibility index (Phi) is 9.77. The molecule has 47 heavy (non-hydrogen) atoms. The minimum absolute atomic E-state index is 0.168. The van der Waals surface area contributed by atoms with Gasteiger partial charge in [-0.25, -0.2) is 9.97 Å². The van der Waals surface area contributed by atoms with E-state index >= 15 is 0 Å². The van der Waals surface area contributed by atoms with Gasteiger partial charge in [-0.3, -0.25) is 9.80 Å². The average molecular weight is 687 g/mol. The van der Waals surface area contributed by atoms with Gasteiger partial charge in [0.15, 0.2) is 0 Å². The highest BCUT2D eigenvalue weighted by Crippen LogP contribution is 2.34. The molecule has 0 saturated carbocycles. The Morgan fingerprint density at radius 3 is 2.45 bits per heavy atom. The molecular weight excluding hydrogens is 646 g/mol. The van der Waals surface area contributed by atoms with Crippen molar-refractivity contribution in [1.29, 1.82) is 5.26 Å². The highest BCUT2D eigenvalue weighted by Gasteiger charge is 2.34. The van der Waals surface area contributed by atoms with Crippen LogP contribution < -0.4 is 5.32 Å². The molecule has 0 radical (unpaired) electrons. The second-order valence-corrected chi connectivity index (χ2v) is 15.8. The van der Waals surface area contributed by atoms with E-state index < -0.39 is 24.0 Å². The Balaban J connectivity index is 1.10. The van der Waals surface area contributed by atoms with Crippen LogP contribution in [-0.2, 0) is 30.9 Å². The van der Waals surface area contributed by atoms with Gasteiger partial charge in [0.2, 0.25) is 0 Å². The van der Waals surface area contributed by atoms with Crippen LogP contribution in [0.15, 0.2) is 30.6 Å². The third-order valence-electron chi connectivity index (χ3n) is 9.66. The third kappa shape index (κ3) is 7.55. The molecule has 0 aliphatic carbocycles. The molecule has 2 fully saturated rings. The second-order valence-electron chi connectivity index (χ2n) is 13.3. The summed E-state index contributed by atoms with van der Waals surface area (Å²) in [7, 11) is 0. The Labute approximate surface area is 280 Å². The lowest BCUT2D eigenvalue weighted by atomic mass is 10.00. The molecule has 252 valence electrons. The fraction of sp³-hybridized carbons (Fsp3) is 0.545. The summed E-state index contributed by atoms with van der Waals surface area (Å²) in [6, 6.07) is 10.5. The van der Waals surface area contributed by atoms with Crippen LogP contribution >= 0.6 is 11.3 Å². The van der Waals surface area contributed by atoms with Crippen molar-refractivity contribution in [3.63, 3.8) is 0 Å². The SMILES string of the molecule is Cc1c(CN2CCC(Nc3ncnc4sc(CC(F)(F)F)cc34)CC2)ccc2c1cc(C#N)n2CC(C)(C)N1CCN([S+](C)[O-])CC1. The lowest BCUT2D eigenvalue weighted by Gasteiger charge is -2.43. The molecule has 1 unspecified atom stereocenters. The van der Waals surface area contributed by atoms with Crippen LogP contribution in [0.3, 0.4) is 0 Å². The van der Waals surface area contributed by atoms with Gasteiger partial charge in [0.1, 0.15) is 35.0 Å². The number of hydrogen-bond donors (Lipinski definition) is 1. The highest BCUT2D eigenvalue weighted by molar-refractivity contribution is 7.88. The summed E-state index contributed by atoms with van der Waals surface area (Å²) in [5.41, 5.74) is 3.96. The maximum absolute atomic E-state index is 13.0. The van der Waals surface area contributed by atoms with Crippen LogP contribution in [0, 0.1) is 18.3 Å². The van der Waals surface area contributed by atoms with Gasteiger partial charge in [-0.05, 0) is 62.9 Å². The normalized spacial score (nSPS) is 18.6. The number of piperazine rings is 1. The Bertz CT molecular complexity index is 1760. The highest BCUT2D eigenvalue weighted by atomic mass is 32.2. The topological polar surface area (TPSA) is 99.3 Å². The number of halogens is 3. The molecular formula is C33H41F3N8OS2. The number of alkyl halides is 3. The number of rotatable bonds is 9. The van der Waals surface area contributed by atoms with Crippen LogP contribution in [0.5, 0.6) is 0 Å². The summed E-state index contributed by atoms with van der Waals surface area (Å²) in [4.78, 5) is 14.2. The average Bonchev–Trinajstić information content (AvgIpc) is 3.59. The van der Waals surface area contributed by atoms with Gasteiger partial charge < -0.3 is 14.4 Å². The first kappa shape index (κ1) is 34.0. The first-order valence-electron chi connectivity index (χ1n) is 16.0. The maximum Gasteiger partial charge on any atom is 0.393 e. The molecule has 0 spiro atoms. The fourth-order valence-corrected chi connectivity index (χ4v) is 8.67. The fourth-order valence-electron chi connectivity index (χ4n) is 6.97. The number of nitrogens with zero attached hydrogens (tertiary/aromatic N) is 7. The van der Waals surface area contributed by atoms with E-state index in [-0.39, 0.29) is 16.5 Å². The number of nitrogens with one attached hydrogen (secondary N) is 1. The molecule has 0 bridgehead atoms. The molecule has 4 aromatic rings. The first-order valence-corrected chi connectivity index (χ1v) is 18.3. The van der Waals surface area contributed by atoms with Gasteiger partial charge in [-0.15, -0.1) is 15.6 Å². The van der Waals surface area contributed by atoms with Crippen molar-refractivity contribution in [2.75, 3.05) is 50.8 Å². The van der Waals surface area contributed by atoms with E-state index in [0.29, 0.717) is 28.3 Å². The Morgan fingerprint density at radius 2 is 1.79 bits per heavy atom. The van der Waals surface area contributed by atoms with Crippen LogP contribution in [0.1, 0.15) is 48.4 Å². The number of aromatic nitrogens is 3. The maximum atomic E-state index is 13.0. The number of hydrogen-bond acceptors (Lipinski definition) is 9. The van der Waals surface area contributed by atoms with Crippen molar-refractivity contribution in [2.45, 2.75) is 70.9 Å². The summed E-state index contributed by atoms with van der Waals surface area (Å²) in [6.07, 6.45) is -0.297. The molecule has 5 heterocycles. The second kappa shape index (κ2) is 13.5. The summed E-state index contributed by atoms with van der Waals surface area (Å²) in [6.45, 7) is 13.0. The number of likely N-dealkylation sites (tertiary alicyclic amines) is 1. The van der Waals surface area contributed by atoms with Crippen LogP contribution in [0.4, 0.5) is 19.0 Å². The van der Waals surface area contributed by atoms with E-state index in [4.69, 9.17) is 0 Å². The Hall–Kier alpha value is -2.93. The van der Waals surface area contributed by atoms with E-state index in [2.05, 4.69) is 68.6 Å². The lowest BCUT2D eigenvalue weighted by Crippen LogP contribution is -2.56. The molecule has 3 aromatic heterocycles. The third-order valence-corrected chi connectivity index (χ3v) is 11.8. The molecule has 2 aliphatic rings.